The first-order chi connectivity index (χ1) is 16.7. The van der Waals surface area contributed by atoms with Crippen LogP contribution in [0.15, 0.2) is 71.8 Å². The summed E-state index contributed by atoms with van der Waals surface area (Å²) in [6, 6.07) is 15.8. The van der Waals surface area contributed by atoms with Crippen LogP contribution in [0.2, 0.25) is 5.02 Å². The molecule has 0 bridgehead atoms. The average Bonchev–Trinajstić information content (AvgIpc) is 2.83. The molecule has 0 aliphatic heterocycles. The molecule has 2 amide bonds. The summed E-state index contributed by atoms with van der Waals surface area (Å²) in [4.78, 5) is 23.9. The van der Waals surface area contributed by atoms with Gasteiger partial charge in [-0.25, -0.2) is 5.43 Å². The van der Waals surface area contributed by atoms with Crippen LogP contribution in [0.25, 0.3) is 0 Å². The number of ether oxygens (including phenoxy) is 2. The number of carbonyl (C=O) groups excluding carboxylic acids is 2. The van der Waals surface area contributed by atoms with E-state index in [4.69, 9.17) is 21.1 Å². The van der Waals surface area contributed by atoms with E-state index in [9.17, 15) is 22.8 Å². The Kier molecular flexibility index (Phi) is 8.32. The molecule has 0 aliphatic carbocycles. The van der Waals surface area contributed by atoms with E-state index in [0.29, 0.717) is 27.6 Å². The summed E-state index contributed by atoms with van der Waals surface area (Å²) in [6.07, 6.45) is -3.20. The Labute approximate surface area is 203 Å². The molecule has 0 aliphatic rings. The number of benzene rings is 3. The molecule has 0 radical (unpaired) electrons. The smallest absolute Gasteiger partial charge is 0.416 e. The van der Waals surface area contributed by atoms with E-state index in [0.717, 1.165) is 24.3 Å². The van der Waals surface area contributed by atoms with Gasteiger partial charge >= 0.3 is 18.0 Å². The van der Waals surface area contributed by atoms with Crippen LogP contribution in [0.4, 0.5) is 18.9 Å². The quantitative estimate of drug-likeness (QED) is 0.268. The van der Waals surface area contributed by atoms with Gasteiger partial charge in [0, 0.05) is 11.3 Å². The van der Waals surface area contributed by atoms with Crippen LogP contribution in [-0.4, -0.2) is 25.1 Å². The van der Waals surface area contributed by atoms with Crippen molar-refractivity contribution in [2.45, 2.75) is 12.8 Å². The van der Waals surface area contributed by atoms with Crippen LogP contribution in [0.1, 0.15) is 16.7 Å². The first-order valence-electron chi connectivity index (χ1n) is 10.0. The topological polar surface area (TPSA) is 89.0 Å². The minimum atomic E-state index is -4.50. The fraction of sp³-hybridized carbons (Fsp3) is 0.125. The molecule has 11 heteroatoms. The Morgan fingerprint density at radius 3 is 2.37 bits per heavy atom. The fourth-order valence-electron chi connectivity index (χ4n) is 2.86. The summed E-state index contributed by atoms with van der Waals surface area (Å²) in [5.74, 6) is -1.13. The third-order valence-electron chi connectivity index (χ3n) is 4.58. The summed E-state index contributed by atoms with van der Waals surface area (Å²) in [7, 11) is 1.51. The third-order valence-corrected chi connectivity index (χ3v) is 4.89. The number of rotatable bonds is 7. The predicted molar refractivity (Wildman–Crippen MR) is 125 cm³/mol. The lowest BCUT2D eigenvalue weighted by Crippen LogP contribution is -2.32. The standard InChI is InChI=1S/C24H19ClF3N3O4/c1-34-20-11-6-15(12-16(20)14-35-21-5-3-2-4-19(21)25)13-29-31-23(33)22(32)30-18-9-7-17(8-10-18)24(26,27)28/h2-13H,14H2,1H3,(H,30,32)(H,31,33). The highest BCUT2D eigenvalue weighted by Gasteiger charge is 2.30. The lowest BCUT2D eigenvalue weighted by Gasteiger charge is -2.12. The zero-order valence-corrected chi connectivity index (χ0v) is 19.0. The minimum Gasteiger partial charge on any atom is -0.496 e. The van der Waals surface area contributed by atoms with Crippen molar-refractivity contribution in [2.24, 2.45) is 5.10 Å². The number of alkyl halides is 3. The molecule has 3 rings (SSSR count). The number of anilines is 1. The van der Waals surface area contributed by atoms with Crippen molar-refractivity contribution >= 4 is 35.3 Å². The monoisotopic (exact) mass is 505 g/mol. The molecular weight excluding hydrogens is 487 g/mol. The average molecular weight is 506 g/mol. The Balaban J connectivity index is 1.59. The van der Waals surface area contributed by atoms with Gasteiger partial charge in [0.1, 0.15) is 18.1 Å². The van der Waals surface area contributed by atoms with Crippen LogP contribution < -0.4 is 20.2 Å². The van der Waals surface area contributed by atoms with Crippen molar-refractivity contribution in [3.63, 3.8) is 0 Å². The Morgan fingerprint density at radius 1 is 1.00 bits per heavy atom. The molecule has 0 saturated heterocycles. The molecule has 0 fully saturated rings. The molecule has 0 spiro atoms. The highest BCUT2D eigenvalue weighted by Crippen LogP contribution is 2.30. The summed E-state index contributed by atoms with van der Waals surface area (Å²) in [5.41, 5.74) is 2.47. The highest BCUT2D eigenvalue weighted by molar-refractivity contribution is 6.39. The molecule has 0 saturated carbocycles. The van der Waals surface area contributed by atoms with Crippen molar-refractivity contribution in [3.8, 4) is 11.5 Å². The molecule has 0 unspecified atom stereocenters. The molecule has 0 heterocycles. The normalized spacial score (nSPS) is 11.2. The van der Waals surface area contributed by atoms with E-state index < -0.39 is 23.6 Å². The second-order valence-corrected chi connectivity index (χ2v) is 7.43. The maximum atomic E-state index is 12.6. The van der Waals surface area contributed by atoms with Gasteiger partial charge < -0.3 is 14.8 Å². The van der Waals surface area contributed by atoms with Crippen LogP contribution in [-0.2, 0) is 22.4 Å². The van der Waals surface area contributed by atoms with Crippen molar-refractivity contribution in [1.82, 2.24) is 5.43 Å². The molecule has 0 atom stereocenters. The second kappa shape index (κ2) is 11.4. The number of nitrogens with zero attached hydrogens (tertiary/aromatic N) is 1. The second-order valence-electron chi connectivity index (χ2n) is 7.02. The molecule has 7 nitrogen and oxygen atoms in total. The van der Waals surface area contributed by atoms with E-state index in [1.54, 1.807) is 42.5 Å². The SMILES string of the molecule is COc1ccc(C=NNC(=O)C(=O)Nc2ccc(C(F)(F)F)cc2)cc1COc1ccccc1Cl. The van der Waals surface area contributed by atoms with E-state index in [2.05, 4.69) is 15.8 Å². The lowest BCUT2D eigenvalue weighted by molar-refractivity contribution is -0.137. The van der Waals surface area contributed by atoms with E-state index >= 15 is 0 Å². The lowest BCUT2D eigenvalue weighted by atomic mass is 10.1. The number of amides is 2. The van der Waals surface area contributed by atoms with Crippen molar-refractivity contribution in [1.29, 1.82) is 0 Å². The first-order valence-corrected chi connectivity index (χ1v) is 10.4. The van der Waals surface area contributed by atoms with Crippen LogP contribution in [0.5, 0.6) is 11.5 Å². The number of methoxy groups -OCH3 is 1. The van der Waals surface area contributed by atoms with Gasteiger partial charge in [-0.15, -0.1) is 0 Å². The van der Waals surface area contributed by atoms with Gasteiger partial charge in [0.2, 0.25) is 0 Å². The number of hydrogen-bond donors (Lipinski definition) is 2. The zero-order valence-electron chi connectivity index (χ0n) is 18.2. The number of nitrogens with one attached hydrogen (secondary N) is 2. The minimum absolute atomic E-state index is 0.0282. The number of para-hydroxylation sites is 1. The fourth-order valence-corrected chi connectivity index (χ4v) is 3.05. The number of hydrogen-bond acceptors (Lipinski definition) is 5. The third kappa shape index (κ3) is 7.21. The molecule has 3 aromatic carbocycles. The Bertz CT molecular complexity index is 1230. The van der Waals surface area contributed by atoms with Gasteiger partial charge in [-0.1, -0.05) is 23.7 Å². The Hall–Kier alpha value is -4.05. The molecule has 3 aromatic rings. The van der Waals surface area contributed by atoms with Crippen molar-refractivity contribution < 1.29 is 32.2 Å². The predicted octanol–water partition coefficient (Wildman–Crippen LogP) is 5.04. The van der Waals surface area contributed by atoms with Gasteiger partial charge in [0.25, 0.3) is 0 Å². The molecular formula is C24H19ClF3N3O4. The largest absolute Gasteiger partial charge is 0.496 e. The van der Waals surface area contributed by atoms with Crippen LogP contribution in [0.3, 0.4) is 0 Å². The van der Waals surface area contributed by atoms with E-state index in [1.165, 1.54) is 13.3 Å². The van der Waals surface area contributed by atoms with Crippen LogP contribution in [0, 0.1) is 0 Å². The molecule has 2 N–H and O–H groups in total. The highest BCUT2D eigenvalue weighted by atomic mass is 35.5. The van der Waals surface area contributed by atoms with Gasteiger partial charge in [-0.05, 0) is 60.2 Å². The Morgan fingerprint density at radius 2 is 1.71 bits per heavy atom. The van der Waals surface area contributed by atoms with Gasteiger partial charge in [0.15, 0.2) is 0 Å². The molecule has 0 aromatic heterocycles. The van der Waals surface area contributed by atoms with E-state index in [-0.39, 0.29) is 12.3 Å². The summed E-state index contributed by atoms with van der Waals surface area (Å²) < 4.78 is 48.9. The van der Waals surface area contributed by atoms with Gasteiger partial charge in [0.05, 0.1) is 23.9 Å². The maximum Gasteiger partial charge on any atom is 0.416 e. The number of carbonyl (C=O) groups is 2. The number of halogens is 4. The van der Waals surface area contributed by atoms with Gasteiger partial charge in [-0.2, -0.15) is 18.3 Å². The zero-order chi connectivity index (χ0) is 25.4. The first kappa shape index (κ1) is 25.6. The molecule has 35 heavy (non-hydrogen) atoms. The summed E-state index contributed by atoms with van der Waals surface area (Å²) in [6.45, 7) is 0.149. The summed E-state index contributed by atoms with van der Waals surface area (Å²) in [5, 5.41) is 6.40. The van der Waals surface area contributed by atoms with Crippen molar-refractivity contribution in [2.75, 3.05) is 12.4 Å². The molecule has 182 valence electrons. The van der Waals surface area contributed by atoms with Gasteiger partial charge in [-0.3, -0.25) is 9.59 Å². The van der Waals surface area contributed by atoms with E-state index in [1.807, 2.05) is 0 Å². The maximum absolute atomic E-state index is 12.6. The number of hydrazone groups is 1. The van der Waals surface area contributed by atoms with Crippen LogP contribution >= 0.6 is 11.6 Å². The van der Waals surface area contributed by atoms with Crippen molar-refractivity contribution in [3.05, 3.63) is 88.4 Å². The summed E-state index contributed by atoms with van der Waals surface area (Å²) >= 11 is 6.10.